The Labute approximate surface area is 351 Å². The highest BCUT2D eigenvalue weighted by atomic mass is 15.2. The van der Waals surface area contributed by atoms with Crippen LogP contribution in [0.2, 0.25) is 0 Å². The smallest absolute Gasteiger partial charge is 0.0541 e. The Morgan fingerprint density at radius 2 is 0.717 bits per heavy atom. The third-order valence-corrected chi connectivity index (χ3v) is 12.4. The number of hydrogen-bond donors (Lipinski definition) is 0. The molecule has 0 amide bonds. The average molecular weight is 770 g/mol. The van der Waals surface area contributed by atoms with Crippen molar-refractivity contribution in [2.45, 2.75) is 19.3 Å². The van der Waals surface area contributed by atoms with E-state index < -0.39 is 0 Å². The molecule has 1 heterocycles. The Morgan fingerprint density at radius 1 is 0.333 bits per heavy atom. The van der Waals surface area contributed by atoms with E-state index in [1.165, 1.54) is 60.9 Å². The molecule has 0 N–H and O–H groups in total. The molecule has 286 valence electrons. The van der Waals surface area contributed by atoms with Gasteiger partial charge in [-0.1, -0.05) is 141 Å². The molecule has 0 spiro atoms. The van der Waals surface area contributed by atoms with Gasteiger partial charge < -0.3 is 14.4 Å². The fourth-order valence-electron chi connectivity index (χ4n) is 9.43. The molecule has 0 unspecified atom stereocenters. The normalized spacial score (nSPS) is 12.6. The Kier molecular flexibility index (Phi) is 8.49. The van der Waals surface area contributed by atoms with Gasteiger partial charge in [0.2, 0.25) is 0 Å². The van der Waals surface area contributed by atoms with E-state index in [0.717, 1.165) is 34.1 Å². The maximum atomic E-state index is 2.43. The Morgan fingerprint density at radius 3 is 1.27 bits per heavy atom. The first-order chi connectivity index (χ1) is 29.5. The zero-order chi connectivity index (χ0) is 40.2. The molecule has 1 aliphatic rings. The number of rotatable bonds is 8. The van der Waals surface area contributed by atoms with Gasteiger partial charge >= 0.3 is 0 Å². The fraction of sp³-hybridized carbons (Fsp3) is 0.0526. The lowest BCUT2D eigenvalue weighted by molar-refractivity contribution is 0.660. The van der Waals surface area contributed by atoms with E-state index >= 15 is 0 Å². The molecule has 0 fully saturated rings. The van der Waals surface area contributed by atoms with Crippen LogP contribution in [0, 0.1) is 0 Å². The van der Waals surface area contributed by atoms with Gasteiger partial charge in [-0.25, -0.2) is 0 Å². The van der Waals surface area contributed by atoms with Gasteiger partial charge in [0.25, 0.3) is 0 Å². The molecule has 10 aromatic rings. The number of nitrogens with zero attached hydrogens (tertiary/aromatic N) is 3. The molecule has 0 bridgehead atoms. The lowest BCUT2D eigenvalue weighted by Crippen LogP contribution is -2.17. The van der Waals surface area contributed by atoms with Crippen molar-refractivity contribution >= 4 is 55.9 Å². The molecule has 0 saturated carbocycles. The predicted molar refractivity (Wildman–Crippen MR) is 253 cm³/mol. The number of benzene rings is 9. The lowest BCUT2D eigenvalue weighted by atomic mass is 9.82. The summed E-state index contributed by atoms with van der Waals surface area (Å²) >= 11 is 0. The van der Waals surface area contributed by atoms with E-state index in [0.29, 0.717) is 0 Å². The highest BCUT2D eigenvalue weighted by Crippen LogP contribution is 2.52. The zero-order valence-corrected chi connectivity index (χ0v) is 33.7. The first-order valence-corrected chi connectivity index (χ1v) is 20.8. The molecule has 3 heteroatoms. The first kappa shape index (κ1) is 35.5. The number of fused-ring (bicyclic) bond motifs is 6. The van der Waals surface area contributed by atoms with E-state index in [2.05, 4.69) is 253 Å². The molecular weight excluding hydrogens is 727 g/mol. The molecule has 0 aliphatic heterocycles. The van der Waals surface area contributed by atoms with Gasteiger partial charge in [0.15, 0.2) is 0 Å². The van der Waals surface area contributed by atoms with Gasteiger partial charge in [-0.15, -0.1) is 0 Å². The summed E-state index contributed by atoms with van der Waals surface area (Å²) in [5, 5.41) is 2.55. The largest absolute Gasteiger partial charge is 0.311 e. The number of para-hydroxylation sites is 4. The Hall–Kier alpha value is -7.62. The quantitative estimate of drug-likeness (QED) is 0.152. The maximum Gasteiger partial charge on any atom is 0.0541 e. The van der Waals surface area contributed by atoms with Crippen molar-refractivity contribution in [3.05, 3.63) is 236 Å². The van der Waals surface area contributed by atoms with Crippen LogP contribution < -0.4 is 9.80 Å². The number of anilines is 6. The predicted octanol–water partition coefficient (Wildman–Crippen LogP) is 15.7. The summed E-state index contributed by atoms with van der Waals surface area (Å²) in [6.45, 7) is 4.76. The van der Waals surface area contributed by atoms with Crippen molar-refractivity contribution in [2.75, 3.05) is 9.80 Å². The summed E-state index contributed by atoms with van der Waals surface area (Å²) in [6, 6.07) is 81.4. The molecule has 60 heavy (non-hydrogen) atoms. The summed E-state index contributed by atoms with van der Waals surface area (Å²) in [5.74, 6) is 0. The summed E-state index contributed by atoms with van der Waals surface area (Å²) < 4.78 is 2.43. The molecule has 1 aliphatic carbocycles. The van der Waals surface area contributed by atoms with Crippen LogP contribution in [-0.4, -0.2) is 4.57 Å². The first-order valence-electron chi connectivity index (χ1n) is 20.8. The van der Waals surface area contributed by atoms with Crippen LogP contribution in [-0.2, 0) is 5.41 Å². The molecule has 3 nitrogen and oxygen atoms in total. The molecular formula is C57H43N3. The molecule has 0 radical (unpaired) electrons. The highest BCUT2D eigenvalue weighted by molar-refractivity contribution is 6.09. The van der Waals surface area contributed by atoms with Gasteiger partial charge in [-0.05, 0) is 130 Å². The summed E-state index contributed by atoms with van der Waals surface area (Å²) in [6.07, 6.45) is 0. The van der Waals surface area contributed by atoms with Crippen LogP contribution in [0.5, 0.6) is 0 Å². The van der Waals surface area contributed by atoms with E-state index in [1.807, 2.05) is 0 Å². The van der Waals surface area contributed by atoms with Crippen LogP contribution >= 0.6 is 0 Å². The second-order valence-electron chi connectivity index (χ2n) is 16.2. The van der Waals surface area contributed by atoms with Crippen LogP contribution in [0.3, 0.4) is 0 Å². The van der Waals surface area contributed by atoms with E-state index in [-0.39, 0.29) is 5.41 Å². The maximum absolute atomic E-state index is 2.43. The van der Waals surface area contributed by atoms with E-state index in [4.69, 9.17) is 0 Å². The minimum Gasteiger partial charge on any atom is -0.311 e. The van der Waals surface area contributed by atoms with Crippen molar-refractivity contribution in [2.24, 2.45) is 0 Å². The minimum absolute atomic E-state index is 0.228. The monoisotopic (exact) mass is 769 g/mol. The second kappa shape index (κ2) is 14.3. The number of hydrogen-bond acceptors (Lipinski definition) is 2. The van der Waals surface area contributed by atoms with E-state index in [9.17, 15) is 0 Å². The summed E-state index contributed by atoms with van der Waals surface area (Å²) in [5.41, 5.74) is 17.7. The summed E-state index contributed by atoms with van der Waals surface area (Å²) in [7, 11) is 0. The third-order valence-electron chi connectivity index (χ3n) is 12.4. The van der Waals surface area contributed by atoms with Crippen LogP contribution in [0.1, 0.15) is 25.0 Å². The van der Waals surface area contributed by atoms with Gasteiger partial charge in [0.05, 0.1) is 11.0 Å². The van der Waals surface area contributed by atoms with Crippen molar-refractivity contribution in [1.29, 1.82) is 0 Å². The Balaban J connectivity index is 1.01. The average Bonchev–Trinajstić information content (AvgIpc) is 3.76. The van der Waals surface area contributed by atoms with Gasteiger partial charge in [0, 0.05) is 56.0 Å². The van der Waals surface area contributed by atoms with Gasteiger partial charge in [-0.2, -0.15) is 0 Å². The van der Waals surface area contributed by atoms with Crippen LogP contribution in [0.25, 0.3) is 49.7 Å². The van der Waals surface area contributed by atoms with Gasteiger partial charge in [-0.3, -0.25) is 0 Å². The van der Waals surface area contributed by atoms with Crippen LogP contribution in [0.15, 0.2) is 224 Å². The molecule has 0 atom stereocenters. The lowest BCUT2D eigenvalue weighted by Gasteiger charge is -2.29. The topological polar surface area (TPSA) is 11.4 Å². The van der Waals surface area contributed by atoms with Gasteiger partial charge in [0.1, 0.15) is 0 Å². The highest BCUT2D eigenvalue weighted by Gasteiger charge is 2.36. The molecule has 11 rings (SSSR count). The van der Waals surface area contributed by atoms with Crippen LogP contribution in [0.4, 0.5) is 34.1 Å². The second-order valence-corrected chi connectivity index (χ2v) is 16.2. The van der Waals surface area contributed by atoms with Crippen molar-refractivity contribution < 1.29 is 0 Å². The van der Waals surface area contributed by atoms with Crippen molar-refractivity contribution in [1.82, 2.24) is 4.57 Å². The zero-order valence-electron chi connectivity index (χ0n) is 33.7. The third kappa shape index (κ3) is 5.89. The Bertz CT molecular complexity index is 3050. The molecule has 0 saturated heterocycles. The standard InChI is InChI=1S/C57H43N3/c1-57(2)53-38-47(34-36-49(53)50-37-35-48(39-54(50)57)60-55-24-14-12-22-51(55)52-23-13-15-25-56(52)60)59(44-28-26-41(27-29-44)40-16-6-3-7-17-40)46-32-30-45(31-33-46)58(42-18-8-4-9-19-42)43-20-10-5-11-21-43/h3-39H,1-2H3. The fourth-order valence-corrected chi connectivity index (χ4v) is 9.43. The van der Waals surface area contributed by atoms with Crippen molar-refractivity contribution in [3.8, 4) is 27.9 Å². The summed E-state index contributed by atoms with van der Waals surface area (Å²) in [4.78, 5) is 4.71. The van der Waals surface area contributed by atoms with Crippen molar-refractivity contribution in [3.63, 3.8) is 0 Å². The van der Waals surface area contributed by atoms with E-state index in [1.54, 1.807) is 0 Å². The molecule has 1 aromatic heterocycles. The number of aromatic nitrogens is 1. The SMILES string of the molecule is CC1(C)c2cc(N(c3ccc(-c4ccccc4)cc3)c3ccc(N(c4ccccc4)c4ccccc4)cc3)ccc2-c2ccc(-n3c4ccccc4c4ccccc43)cc21. The minimum atomic E-state index is -0.228. The molecule has 9 aromatic carbocycles.